The van der Waals surface area contributed by atoms with E-state index in [1.807, 2.05) is 31.2 Å². The number of benzene rings is 3. The summed E-state index contributed by atoms with van der Waals surface area (Å²) in [6, 6.07) is 16.7. The molecule has 0 heterocycles. The van der Waals surface area contributed by atoms with Crippen molar-refractivity contribution in [3.63, 3.8) is 0 Å². The minimum absolute atomic E-state index is 0.0453. The van der Waals surface area contributed by atoms with Gasteiger partial charge < -0.3 is 4.74 Å². The molecule has 3 aromatic rings. The van der Waals surface area contributed by atoms with Gasteiger partial charge in [-0.1, -0.05) is 29.8 Å². The number of nitro groups is 2. The van der Waals surface area contributed by atoms with Gasteiger partial charge in [-0.15, -0.1) is 0 Å². The molecular formula is C21H17BrN4O5. The number of nitrogens with one attached hydrogen (secondary N) is 1. The molecule has 0 saturated heterocycles. The molecule has 0 unspecified atom stereocenters. The average molecular weight is 485 g/mol. The number of aryl methyl sites for hydroxylation is 1. The minimum Gasteiger partial charge on any atom is -0.488 e. The second-order valence-electron chi connectivity index (χ2n) is 6.55. The molecule has 0 amide bonds. The topological polar surface area (TPSA) is 120 Å². The summed E-state index contributed by atoms with van der Waals surface area (Å²) in [5.41, 5.74) is 4.74. The van der Waals surface area contributed by atoms with Crippen LogP contribution in [0.3, 0.4) is 0 Å². The van der Waals surface area contributed by atoms with Crippen LogP contribution in [0.5, 0.6) is 5.75 Å². The van der Waals surface area contributed by atoms with Gasteiger partial charge in [0.15, 0.2) is 0 Å². The predicted octanol–water partition coefficient (Wildman–Crippen LogP) is 5.60. The first kappa shape index (κ1) is 21.9. The lowest BCUT2D eigenvalue weighted by molar-refractivity contribution is -0.393. The fourth-order valence-corrected chi connectivity index (χ4v) is 3.13. The van der Waals surface area contributed by atoms with Crippen LogP contribution in [0.1, 0.15) is 16.7 Å². The molecule has 3 aromatic carbocycles. The molecule has 0 aliphatic heterocycles. The molecule has 0 aromatic heterocycles. The third kappa shape index (κ3) is 5.86. The Labute approximate surface area is 185 Å². The molecule has 0 radical (unpaired) electrons. The zero-order valence-electron chi connectivity index (χ0n) is 16.3. The fraction of sp³-hybridized carbons (Fsp3) is 0.0952. The smallest absolute Gasteiger partial charge is 0.301 e. The lowest BCUT2D eigenvalue weighted by atomic mass is 10.2. The van der Waals surface area contributed by atoms with Crippen LogP contribution in [0.15, 0.2) is 70.2 Å². The number of hydrogen-bond acceptors (Lipinski definition) is 7. The van der Waals surface area contributed by atoms with Crippen molar-refractivity contribution < 1.29 is 14.6 Å². The number of hydrazone groups is 1. The Balaban J connectivity index is 1.66. The Bertz CT molecular complexity index is 1150. The van der Waals surface area contributed by atoms with Crippen LogP contribution >= 0.6 is 15.9 Å². The normalized spacial score (nSPS) is 10.8. The maximum atomic E-state index is 11.2. The van der Waals surface area contributed by atoms with Gasteiger partial charge in [0.2, 0.25) is 0 Å². The van der Waals surface area contributed by atoms with Crippen molar-refractivity contribution in [2.75, 3.05) is 5.43 Å². The van der Waals surface area contributed by atoms with E-state index in [4.69, 9.17) is 4.74 Å². The van der Waals surface area contributed by atoms with Crippen LogP contribution in [0.25, 0.3) is 0 Å². The van der Waals surface area contributed by atoms with Gasteiger partial charge in [-0.25, -0.2) is 0 Å². The highest BCUT2D eigenvalue weighted by Crippen LogP contribution is 2.29. The van der Waals surface area contributed by atoms with E-state index in [1.54, 1.807) is 18.2 Å². The number of ether oxygens (including phenoxy) is 1. The van der Waals surface area contributed by atoms with E-state index in [2.05, 4.69) is 26.5 Å². The summed E-state index contributed by atoms with van der Waals surface area (Å²) >= 11 is 3.46. The summed E-state index contributed by atoms with van der Waals surface area (Å²) in [6.07, 6.45) is 1.47. The van der Waals surface area contributed by atoms with Crippen LogP contribution in [-0.4, -0.2) is 16.1 Å². The summed E-state index contributed by atoms with van der Waals surface area (Å²) in [6.45, 7) is 2.45. The fourth-order valence-electron chi connectivity index (χ4n) is 2.62. The average Bonchev–Trinajstić information content (AvgIpc) is 2.74. The van der Waals surface area contributed by atoms with Gasteiger partial charge in [0.1, 0.15) is 18.0 Å². The Morgan fingerprint density at radius 1 is 1.03 bits per heavy atom. The quantitative estimate of drug-likeness (QED) is 0.252. The van der Waals surface area contributed by atoms with Gasteiger partial charge in [0, 0.05) is 6.07 Å². The number of rotatable bonds is 8. The van der Waals surface area contributed by atoms with E-state index >= 15 is 0 Å². The largest absolute Gasteiger partial charge is 0.488 e. The molecule has 0 saturated carbocycles. The molecule has 0 atom stereocenters. The van der Waals surface area contributed by atoms with Crippen molar-refractivity contribution in [2.45, 2.75) is 13.5 Å². The Kier molecular flexibility index (Phi) is 6.93. The molecule has 0 bridgehead atoms. The van der Waals surface area contributed by atoms with E-state index in [0.717, 1.165) is 16.1 Å². The highest BCUT2D eigenvalue weighted by Gasteiger charge is 2.19. The van der Waals surface area contributed by atoms with Gasteiger partial charge in [0.25, 0.3) is 5.69 Å². The van der Waals surface area contributed by atoms with Crippen molar-refractivity contribution in [3.05, 3.63) is 102 Å². The summed E-state index contributed by atoms with van der Waals surface area (Å²) in [5.74, 6) is 0.664. The van der Waals surface area contributed by atoms with Gasteiger partial charge in [-0.3, -0.25) is 25.7 Å². The second-order valence-corrected chi connectivity index (χ2v) is 7.40. The molecule has 3 rings (SSSR count). The standard InChI is InChI=1S/C21H17BrN4O5/c1-14-2-4-15(5-3-14)13-31-21-9-6-16(10-18(21)22)12-23-24-19-8-7-17(25(27)28)11-20(19)26(29)30/h2-12,24H,13H2,1H3/b23-12+. The van der Waals surface area contributed by atoms with E-state index in [-0.39, 0.29) is 11.4 Å². The third-order valence-electron chi connectivity index (χ3n) is 4.26. The number of anilines is 1. The van der Waals surface area contributed by atoms with Crippen molar-refractivity contribution in [3.8, 4) is 5.75 Å². The second kappa shape index (κ2) is 9.81. The van der Waals surface area contributed by atoms with Crippen molar-refractivity contribution in [1.82, 2.24) is 0 Å². The van der Waals surface area contributed by atoms with Gasteiger partial charge in [-0.2, -0.15) is 5.10 Å². The molecule has 31 heavy (non-hydrogen) atoms. The molecule has 158 valence electrons. The molecule has 9 nitrogen and oxygen atoms in total. The summed E-state index contributed by atoms with van der Waals surface area (Å²) < 4.78 is 6.55. The van der Waals surface area contributed by atoms with Crippen molar-refractivity contribution >= 4 is 39.2 Å². The van der Waals surface area contributed by atoms with Crippen molar-refractivity contribution in [1.29, 1.82) is 0 Å². The predicted molar refractivity (Wildman–Crippen MR) is 121 cm³/mol. The number of halogens is 1. The molecule has 0 aliphatic carbocycles. The van der Waals surface area contributed by atoms with E-state index in [1.165, 1.54) is 23.9 Å². The lowest BCUT2D eigenvalue weighted by Crippen LogP contribution is -1.99. The Morgan fingerprint density at radius 3 is 2.42 bits per heavy atom. The maximum absolute atomic E-state index is 11.2. The van der Waals surface area contributed by atoms with Crippen molar-refractivity contribution in [2.24, 2.45) is 5.10 Å². The molecule has 0 aliphatic rings. The maximum Gasteiger partial charge on any atom is 0.301 e. The van der Waals surface area contributed by atoms with Crippen LogP contribution in [0.2, 0.25) is 0 Å². The van der Waals surface area contributed by atoms with Gasteiger partial charge in [0.05, 0.1) is 26.6 Å². The molecule has 10 heteroatoms. The lowest BCUT2D eigenvalue weighted by Gasteiger charge is -2.09. The van der Waals surface area contributed by atoms with Gasteiger partial charge in [-0.05, 0) is 58.2 Å². The number of nitro benzene ring substituents is 2. The number of hydrogen-bond donors (Lipinski definition) is 1. The molecule has 1 N–H and O–H groups in total. The zero-order chi connectivity index (χ0) is 22.4. The summed E-state index contributed by atoms with van der Waals surface area (Å²) in [5, 5.41) is 26.0. The van der Waals surface area contributed by atoms with E-state index < -0.39 is 15.5 Å². The van der Waals surface area contributed by atoms with E-state index in [9.17, 15) is 20.2 Å². The van der Waals surface area contributed by atoms with E-state index in [0.29, 0.717) is 17.9 Å². The van der Waals surface area contributed by atoms with Crippen LogP contribution in [0, 0.1) is 27.2 Å². The van der Waals surface area contributed by atoms with Gasteiger partial charge >= 0.3 is 5.69 Å². The number of non-ortho nitro benzene ring substituents is 1. The summed E-state index contributed by atoms with van der Waals surface area (Å²) in [7, 11) is 0. The SMILES string of the molecule is Cc1ccc(COc2ccc(/C=N/Nc3ccc([N+](=O)[O-])cc3[N+](=O)[O-])cc2Br)cc1. The molecule has 0 spiro atoms. The Hall–Kier alpha value is -3.79. The third-order valence-corrected chi connectivity index (χ3v) is 4.88. The Morgan fingerprint density at radius 2 is 1.77 bits per heavy atom. The highest BCUT2D eigenvalue weighted by molar-refractivity contribution is 9.10. The first-order valence-electron chi connectivity index (χ1n) is 9.03. The monoisotopic (exact) mass is 484 g/mol. The molecule has 0 fully saturated rings. The van der Waals surface area contributed by atoms with Crippen LogP contribution in [-0.2, 0) is 6.61 Å². The van der Waals surface area contributed by atoms with Crippen LogP contribution < -0.4 is 10.2 Å². The first-order chi connectivity index (χ1) is 14.8. The van der Waals surface area contributed by atoms with Crippen LogP contribution in [0.4, 0.5) is 17.1 Å². The first-order valence-corrected chi connectivity index (χ1v) is 9.82. The molecular weight excluding hydrogens is 468 g/mol. The number of nitrogens with zero attached hydrogens (tertiary/aromatic N) is 3. The summed E-state index contributed by atoms with van der Waals surface area (Å²) in [4.78, 5) is 20.6. The highest BCUT2D eigenvalue weighted by atomic mass is 79.9. The zero-order valence-corrected chi connectivity index (χ0v) is 17.9. The minimum atomic E-state index is -0.707.